The Morgan fingerprint density at radius 1 is 1.26 bits per heavy atom. The van der Waals surface area contributed by atoms with Gasteiger partial charge in [0.25, 0.3) is 5.91 Å². The van der Waals surface area contributed by atoms with E-state index in [1.165, 1.54) is 0 Å². The Morgan fingerprint density at radius 3 is 2.63 bits per heavy atom. The van der Waals surface area contributed by atoms with Crippen LogP contribution in [0, 0.1) is 5.92 Å². The Labute approximate surface area is 178 Å². The fraction of sp³-hybridized carbons (Fsp3) is 0.579. The third-order valence-corrected chi connectivity index (χ3v) is 4.33. The van der Waals surface area contributed by atoms with Gasteiger partial charge in [0.1, 0.15) is 5.75 Å². The van der Waals surface area contributed by atoms with Crippen LogP contribution in [0.3, 0.4) is 0 Å². The van der Waals surface area contributed by atoms with Gasteiger partial charge in [-0.25, -0.2) is 0 Å². The highest BCUT2D eigenvalue weighted by Crippen LogP contribution is 2.16. The van der Waals surface area contributed by atoms with Crippen LogP contribution < -0.4 is 15.4 Å². The van der Waals surface area contributed by atoms with Gasteiger partial charge in [-0.3, -0.25) is 9.79 Å². The second kappa shape index (κ2) is 12.8. The van der Waals surface area contributed by atoms with Gasteiger partial charge in [0, 0.05) is 44.8 Å². The van der Waals surface area contributed by atoms with E-state index in [1.54, 1.807) is 38.5 Å². The first kappa shape index (κ1) is 23.5. The Balaban J connectivity index is 0.00000364. The number of rotatable bonds is 8. The van der Waals surface area contributed by atoms with E-state index in [0.29, 0.717) is 24.6 Å². The van der Waals surface area contributed by atoms with Crippen molar-refractivity contribution >= 4 is 35.8 Å². The Kier molecular flexibility index (Phi) is 11.1. The Bertz CT molecular complexity index is 595. The zero-order valence-electron chi connectivity index (χ0n) is 16.4. The fourth-order valence-corrected chi connectivity index (χ4v) is 3.00. The average molecular weight is 490 g/mol. The number of aliphatic imine (C=N–C) groups is 1. The number of carbonyl (C=O) groups excluding carboxylic acids is 1. The average Bonchev–Trinajstić information content (AvgIpc) is 3.13. The van der Waals surface area contributed by atoms with Crippen LogP contribution in [0.15, 0.2) is 29.3 Å². The number of nitrogens with zero attached hydrogens (tertiary/aromatic N) is 2. The van der Waals surface area contributed by atoms with Gasteiger partial charge in [-0.1, -0.05) is 0 Å². The molecule has 1 fully saturated rings. The molecule has 1 aliphatic heterocycles. The lowest BCUT2D eigenvalue weighted by molar-refractivity contribution is 0.0954. The van der Waals surface area contributed by atoms with Crippen molar-refractivity contribution in [2.75, 3.05) is 53.6 Å². The predicted molar refractivity (Wildman–Crippen MR) is 118 cm³/mol. The van der Waals surface area contributed by atoms with Crippen molar-refractivity contribution in [3.05, 3.63) is 29.8 Å². The van der Waals surface area contributed by atoms with Gasteiger partial charge in [0.15, 0.2) is 5.96 Å². The van der Waals surface area contributed by atoms with Crippen molar-refractivity contribution in [2.24, 2.45) is 10.9 Å². The number of methoxy groups -OCH3 is 2. The van der Waals surface area contributed by atoms with Gasteiger partial charge in [0.05, 0.1) is 20.3 Å². The molecule has 0 aliphatic carbocycles. The molecule has 0 radical (unpaired) electrons. The van der Waals surface area contributed by atoms with Crippen molar-refractivity contribution in [1.82, 2.24) is 15.5 Å². The second-order valence-electron chi connectivity index (χ2n) is 6.28. The molecule has 0 saturated carbocycles. The maximum atomic E-state index is 12.1. The van der Waals surface area contributed by atoms with Crippen LogP contribution in [0.5, 0.6) is 5.75 Å². The summed E-state index contributed by atoms with van der Waals surface area (Å²) in [7, 11) is 3.35. The third kappa shape index (κ3) is 7.53. The highest BCUT2D eigenvalue weighted by atomic mass is 127. The smallest absolute Gasteiger partial charge is 0.251 e. The minimum Gasteiger partial charge on any atom is -0.497 e. The molecule has 0 spiro atoms. The summed E-state index contributed by atoms with van der Waals surface area (Å²) in [6, 6.07) is 7.06. The Morgan fingerprint density at radius 2 is 2.00 bits per heavy atom. The highest BCUT2D eigenvalue weighted by molar-refractivity contribution is 14.0. The lowest BCUT2D eigenvalue weighted by Crippen LogP contribution is -2.40. The standard InChI is InChI=1S/C19H30N4O3.HI/c1-4-20-19(23-12-9-15(13-23)14-25-2)22-11-10-21-18(24)16-5-7-17(26-3)8-6-16;/h5-8,15H,4,9-14H2,1-3H3,(H,20,22)(H,21,24);1H. The lowest BCUT2D eigenvalue weighted by Gasteiger charge is -2.21. The number of amides is 1. The number of hydrogen-bond donors (Lipinski definition) is 2. The topological polar surface area (TPSA) is 75.2 Å². The summed E-state index contributed by atoms with van der Waals surface area (Å²) >= 11 is 0. The fourth-order valence-electron chi connectivity index (χ4n) is 3.00. The normalized spacial score (nSPS) is 16.6. The maximum Gasteiger partial charge on any atom is 0.251 e. The molecule has 1 atom stereocenters. The molecule has 152 valence electrons. The van der Waals surface area contributed by atoms with Crippen LogP contribution in [-0.4, -0.2) is 70.3 Å². The monoisotopic (exact) mass is 490 g/mol. The first-order valence-corrected chi connectivity index (χ1v) is 9.12. The number of ether oxygens (including phenoxy) is 2. The van der Waals surface area contributed by atoms with Gasteiger partial charge in [-0.2, -0.15) is 0 Å². The molecule has 1 unspecified atom stereocenters. The van der Waals surface area contributed by atoms with Gasteiger partial charge in [-0.05, 0) is 37.6 Å². The summed E-state index contributed by atoms with van der Waals surface area (Å²) in [4.78, 5) is 19.0. The van der Waals surface area contributed by atoms with Crippen LogP contribution in [0.2, 0.25) is 0 Å². The van der Waals surface area contributed by atoms with Crippen LogP contribution in [0.25, 0.3) is 0 Å². The first-order valence-electron chi connectivity index (χ1n) is 9.12. The van der Waals surface area contributed by atoms with E-state index in [2.05, 4.69) is 27.4 Å². The molecule has 1 saturated heterocycles. The molecular formula is C19H31IN4O3. The molecule has 27 heavy (non-hydrogen) atoms. The number of benzene rings is 1. The van der Waals surface area contributed by atoms with Crippen molar-refractivity contribution < 1.29 is 14.3 Å². The van der Waals surface area contributed by atoms with E-state index in [0.717, 1.165) is 44.4 Å². The lowest BCUT2D eigenvalue weighted by atomic mass is 10.1. The zero-order chi connectivity index (χ0) is 18.8. The molecule has 2 N–H and O–H groups in total. The maximum absolute atomic E-state index is 12.1. The number of likely N-dealkylation sites (tertiary alicyclic amines) is 1. The minimum absolute atomic E-state index is 0. The molecule has 0 aromatic heterocycles. The van der Waals surface area contributed by atoms with Crippen molar-refractivity contribution in [3.8, 4) is 5.75 Å². The third-order valence-electron chi connectivity index (χ3n) is 4.33. The summed E-state index contributed by atoms with van der Waals surface area (Å²) in [5.41, 5.74) is 0.614. The molecule has 2 rings (SSSR count). The SMILES string of the molecule is CCNC(=NCCNC(=O)c1ccc(OC)cc1)N1CCC(COC)C1.I. The van der Waals surface area contributed by atoms with E-state index in [4.69, 9.17) is 9.47 Å². The number of hydrogen-bond acceptors (Lipinski definition) is 4. The predicted octanol–water partition coefficient (Wildman–Crippen LogP) is 1.98. The number of guanidine groups is 1. The Hall–Kier alpha value is -1.55. The molecule has 1 amide bonds. The summed E-state index contributed by atoms with van der Waals surface area (Å²) in [6.45, 7) is 6.64. The van der Waals surface area contributed by atoms with Crippen LogP contribution in [-0.2, 0) is 4.74 Å². The highest BCUT2D eigenvalue weighted by Gasteiger charge is 2.24. The van der Waals surface area contributed by atoms with E-state index in [1.807, 2.05) is 0 Å². The largest absolute Gasteiger partial charge is 0.497 e. The van der Waals surface area contributed by atoms with Crippen molar-refractivity contribution in [2.45, 2.75) is 13.3 Å². The summed E-state index contributed by atoms with van der Waals surface area (Å²) in [5, 5.41) is 6.23. The van der Waals surface area contributed by atoms with Crippen LogP contribution in [0.4, 0.5) is 0 Å². The quantitative estimate of drug-likeness (QED) is 0.252. The van der Waals surface area contributed by atoms with E-state index < -0.39 is 0 Å². The van der Waals surface area contributed by atoms with Gasteiger partial charge >= 0.3 is 0 Å². The molecule has 1 aliphatic rings. The summed E-state index contributed by atoms with van der Waals surface area (Å²) in [6.07, 6.45) is 1.12. The van der Waals surface area contributed by atoms with Gasteiger partial charge < -0.3 is 25.0 Å². The van der Waals surface area contributed by atoms with E-state index >= 15 is 0 Å². The van der Waals surface area contributed by atoms with Crippen molar-refractivity contribution in [3.63, 3.8) is 0 Å². The molecular weight excluding hydrogens is 459 g/mol. The van der Waals surface area contributed by atoms with Crippen molar-refractivity contribution in [1.29, 1.82) is 0 Å². The van der Waals surface area contributed by atoms with Crippen LogP contribution in [0.1, 0.15) is 23.7 Å². The van der Waals surface area contributed by atoms with E-state index in [-0.39, 0.29) is 29.9 Å². The summed E-state index contributed by atoms with van der Waals surface area (Å²) < 4.78 is 10.4. The molecule has 1 aromatic rings. The second-order valence-corrected chi connectivity index (χ2v) is 6.28. The van der Waals surface area contributed by atoms with E-state index in [9.17, 15) is 4.79 Å². The first-order chi connectivity index (χ1) is 12.7. The number of halogens is 1. The zero-order valence-corrected chi connectivity index (χ0v) is 18.7. The molecule has 1 aromatic carbocycles. The van der Waals surface area contributed by atoms with Gasteiger partial charge in [0.2, 0.25) is 0 Å². The number of carbonyl (C=O) groups is 1. The summed E-state index contributed by atoms with van der Waals surface area (Å²) in [5.74, 6) is 2.09. The number of nitrogens with one attached hydrogen (secondary N) is 2. The molecule has 1 heterocycles. The molecule has 7 nitrogen and oxygen atoms in total. The van der Waals surface area contributed by atoms with Gasteiger partial charge in [-0.15, -0.1) is 24.0 Å². The molecule has 8 heteroatoms. The van der Waals surface area contributed by atoms with Crippen LogP contribution >= 0.6 is 24.0 Å². The minimum atomic E-state index is -0.103. The molecule has 0 bridgehead atoms.